The first-order valence-electron chi connectivity index (χ1n) is 10.3. The molecule has 0 aliphatic heterocycles. The van der Waals surface area contributed by atoms with Crippen molar-refractivity contribution in [3.05, 3.63) is 106 Å². The number of para-hydroxylation sites is 2. The zero-order valence-electron chi connectivity index (χ0n) is 19.6. The van der Waals surface area contributed by atoms with Crippen LogP contribution in [0.2, 0.25) is 0 Å². The molecule has 5 heteroatoms. The Bertz CT molecular complexity index is 1020. The standard InChI is InChI=1S/2C7H5NO.2C7H10.Zr/c2*8-5-6-3-1-2-4-7(6)9;2*1-6-4-3-5-7(6)2;/h2*1-4,9H;2*3-4H,5H2,1-2H3;. The summed E-state index contributed by atoms with van der Waals surface area (Å²) in [6.07, 6.45) is 11.1. The van der Waals surface area contributed by atoms with Crippen LogP contribution in [-0.4, -0.2) is 10.2 Å². The fourth-order valence-corrected chi connectivity index (χ4v) is 2.57. The topological polar surface area (TPSA) is 88.0 Å². The van der Waals surface area contributed by atoms with E-state index in [4.69, 9.17) is 20.7 Å². The minimum Gasteiger partial charge on any atom is -0.507 e. The van der Waals surface area contributed by atoms with Crippen LogP contribution in [0.4, 0.5) is 0 Å². The zero-order chi connectivity index (χ0) is 23.9. The third-order valence-electron chi connectivity index (χ3n) is 4.98. The van der Waals surface area contributed by atoms with Gasteiger partial charge in [-0.1, -0.05) is 70.9 Å². The van der Waals surface area contributed by atoms with Crippen molar-refractivity contribution in [1.29, 1.82) is 10.5 Å². The number of nitriles is 2. The third-order valence-corrected chi connectivity index (χ3v) is 4.98. The van der Waals surface area contributed by atoms with Gasteiger partial charge in [0.2, 0.25) is 0 Å². The summed E-state index contributed by atoms with van der Waals surface area (Å²) < 4.78 is 0. The van der Waals surface area contributed by atoms with Crippen molar-refractivity contribution < 1.29 is 36.4 Å². The van der Waals surface area contributed by atoms with E-state index >= 15 is 0 Å². The fourth-order valence-electron chi connectivity index (χ4n) is 2.57. The molecule has 0 heterocycles. The first-order valence-corrected chi connectivity index (χ1v) is 10.3. The Balaban J connectivity index is 0.000000412. The molecule has 2 N–H and O–H groups in total. The van der Waals surface area contributed by atoms with E-state index in [1.807, 2.05) is 12.1 Å². The second kappa shape index (κ2) is 16.5. The first kappa shape index (κ1) is 29.9. The molecular formula is C28H30N2O2Zr. The number of hydrogen-bond donors (Lipinski definition) is 2. The second-order valence-corrected chi connectivity index (χ2v) is 7.40. The maximum absolute atomic E-state index is 8.89. The minimum absolute atomic E-state index is 0. The number of aromatic hydroxyl groups is 2. The van der Waals surface area contributed by atoms with Crippen LogP contribution >= 0.6 is 0 Å². The first-order chi connectivity index (χ1) is 15.3. The van der Waals surface area contributed by atoms with Crippen molar-refractivity contribution in [2.45, 2.75) is 40.5 Å². The van der Waals surface area contributed by atoms with Crippen molar-refractivity contribution in [3.8, 4) is 23.6 Å². The molecule has 2 aromatic rings. The van der Waals surface area contributed by atoms with Crippen molar-refractivity contribution in [1.82, 2.24) is 0 Å². The molecule has 0 saturated carbocycles. The van der Waals surface area contributed by atoms with Gasteiger partial charge in [-0.2, -0.15) is 10.5 Å². The monoisotopic (exact) mass is 516 g/mol. The average Bonchev–Trinajstić information content (AvgIpc) is 3.36. The molecule has 2 aliphatic rings. The molecular weight excluding hydrogens is 488 g/mol. The molecule has 2 aliphatic carbocycles. The largest absolute Gasteiger partial charge is 0.507 e. The van der Waals surface area contributed by atoms with Crippen LogP contribution < -0.4 is 0 Å². The predicted molar refractivity (Wildman–Crippen MR) is 130 cm³/mol. The number of phenols is 2. The molecule has 4 nitrogen and oxygen atoms in total. The number of allylic oxidation sites excluding steroid dienone is 8. The number of rotatable bonds is 0. The second-order valence-electron chi connectivity index (χ2n) is 7.40. The smallest absolute Gasteiger partial charge is 0.133 e. The summed E-state index contributed by atoms with van der Waals surface area (Å²) in [6, 6.07) is 16.6. The Hall–Kier alpha value is -3.14. The van der Waals surface area contributed by atoms with E-state index in [0.717, 1.165) is 0 Å². The number of benzene rings is 2. The molecule has 0 spiro atoms. The third kappa shape index (κ3) is 11.3. The van der Waals surface area contributed by atoms with E-state index < -0.39 is 0 Å². The Morgan fingerprint density at radius 2 is 0.970 bits per heavy atom. The SMILES string of the molecule is CC1=C(C)CC=C1.CC1=C(C)CC=C1.N#Cc1ccccc1O.N#Cc1ccccc1O.[Zr]. The normalized spacial score (nSPS) is 12.7. The van der Waals surface area contributed by atoms with Gasteiger partial charge in [0.15, 0.2) is 0 Å². The number of phenolic OH excluding ortho intramolecular Hbond substituents is 2. The summed E-state index contributed by atoms with van der Waals surface area (Å²) in [5.74, 6) is 0.0833. The molecule has 0 fully saturated rings. The summed E-state index contributed by atoms with van der Waals surface area (Å²) >= 11 is 0. The summed E-state index contributed by atoms with van der Waals surface area (Å²) in [7, 11) is 0. The Morgan fingerprint density at radius 1 is 0.636 bits per heavy atom. The van der Waals surface area contributed by atoms with Crippen molar-refractivity contribution >= 4 is 0 Å². The van der Waals surface area contributed by atoms with Crippen LogP contribution in [0.1, 0.15) is 51.7 Å². The van der Waals surface area contributed by atoms with E-state index in [2.05, 4.69) is 52.0 Å². The summed E-state index contributed by atoms with van der Waals surface area (Å²) in [6.45, 7) is 8.66. The van der Waals surface area contributed by atoms with Gasteiger partial charge in [-0.3, -0.25) is 0 Å². The van der Waals surface area contributed by atoms with Crippen LogP contribution in [0.25, 0.3) is 0 Å². The van der Waals surface area contributed by atoms with E-state index in [0.29, 0.717) is 11.1 Å². The predicted octanol–water partition coefficient (Wildman–Crippen LogP) is 7.09. The Kier molecular flexibility index (Phi) is 14.9. The Labute approximate surface area is 216 Å². The molecule has 0 aromatic heterocycles. The van der Waals surface area contributed by atoms with Gasteiger partial charge < -0.3 is 10.2 Å². The van der Waals surface area contributed by atoms with Gasteiger partial charge in [0.05, 0.1) is 11.1 Å². The van der Waals surface area contributed by atoms with Gasteiger partial charge >= 0.3 is 0 Å². The fraction of sp³-hybridized carbons (Fsp3) is 0.214. The molecule has 0 bridgehead atoms. The number of nitrogens with zero attached hydrogens (tertiary/aromatic N) is 2. The molecule has 0 atom stereocenters. The van der Waals surface area contributed by atoms with Gasteiger partial charge in [0, 0.05) is 26.2 Å². The van der Waals surface area contributed by atoms with Crippen LogP contribution in [0.3, 0.4) is 0 Å². The van der Waals surface area contributed by atoms with Crippen LogP contribution in [0, 0.1) is 22.7 Å². The van der Waals surface area contributed by atoms with Crippen molar-refractivity contribution in [2.75, 3.05) is 0 Å². The van der Waals surface area contributed by atoms with Crippen LogP contribution in [-0.2, 0) is 26.2 Å². The van der Waals surface area contributed by atoms with Crippen molar-refractivity contribution in [2.24, 2.45) is 0 Å². The molecule has 0 saturated heterocycles. The Morgan fingerprint density at radius 3 is 1.12 bits per heavy atom. The zero-order valence-corrected chi connectivity index (χ0v) is 22.1. The summed E-state index contributed by atoms with van der Waals surface area (Å²) in [5, 5.41) is 34.4. The van der Waals surface area contributed by atoms with E-state index in [1.54, 1.807) is 36.4 Å². The molecule has 0 unspecified atom stereocenters. The van der Waals surface area contributed by atoms with Gasteiger partial charge in [-0.25, -0.2) is 0 Å². The molecule has 168 valence electrons. The van der Waals surface area contributed by atoms with Crippen LogP contribution in [0.15, 0.2) is 95.1 Å². The number of hydrogen-bond acceptors (Lipinski definition) is 4. The average molecular weight is 518 g/mol. The molecule has 0 amide bonds. The van der Waals surface area contributed by atoms with E-state index in [9.17, 15) is 0 Å². The summed E-state index contributed by atoms with van der Waals surface area (Å²) in [5.41, 5.74) is 6.55. The van der Waals surface area contributed by atoms with Gasteiger partial charge in [-0.15, -0.1) is 0 Å². The molecule has 0 radical (unpaired) electrons. The maximum Gasteiger partial charge on any atom is 0.133 e. The molecule has 33 heavy (non-hydrogen) atoms. The molecule has 2 aromatic carbocycles. The van der Waals surface area contributed by atoms with Crippen molar-refractivity contribution in [3.63, 3.8) is 0 Å². The molecule has 4 rings (SSSR count). The van der Waals surface area contributed by atoms with E-state index in [-0.39, 0.29) is 37.7 Å². The van der Waals surface area contributed by atoms with Crippen LogP contribution in [0.5, 0.6) is 11.5 Å². The van der Waals surface area contributed by atoms with Gasteiger partial charge in [0.1, 0.15) is 23.6 Å². The quantitative estimate of drug-likeness (QED) is 0.390. The minimum atomic E-state index is 0. The van der Waals surface area contributed by atoms with Gasteiger partial charge in [-0.05, 0) is 64.8 Å². The van der Waals surface area contributed by atoms with Gasteiger partial charge in [0.25, 0.3) is 0 Å². The maximum atomic E-state index is 8.89. The van der Waals surface area contributed by atoms with E-state index in [1.165, 1.54) is 47.3 Å². The summed E-state index contributed by atoms with van der Waals surface area (Å²) in [4.78, 5) is 0.